The van der Waals surface area contributed by atoms with Gasteiger partial charge in [0.15, 0.2) is 5.96 Å². The summed E-state index contributed by atoms with van der Waals surface area (Å²) < 4.78 is 0. The molecule has 1 aliphatic heterocycles. The molecule has 1 aliphatic rings. The minimum Gasteiger partial charge on any atom is -0.370 e. The molecule has 126 valence electrons. The van der Waals surface area contributed by atoms with Crippen LogP contribution in [0.5, 0.6) is 0 Å². The fourth-order valence-corrected chi connectivity index (χ4v) is 2.59. The summed E-state index contributed by atoms with van der Waals surface area (Å²) in [5, 5.41) is 3.53. The van der Waals surface area contributed by atoms with E-state index in [1.165, 1.54) is 0 Å². The molecule has 1 heterocycles. The van der Waals surface area contributed by atoms with Gasteiger partial charge < -0.3 is 20.9 Å². The van der Waals surface area contributed by atoms with Crippen LogP contribution >= 0.6 is 11.6 Å². The molecule has 0 aromatic heterocycles. The SMILES string of the molecule is CC(C)NC(=O)CN=C(N)N1CCN(c2ccc(Cl)cc2)CC1. The molecule has 1 fully saturated rings. The Morgan fingerprint density at radius 3 is 2.43 bits per heavy atom. The number of benzene rings is 1. The molecule has 1 aromatic rings. The standard InChI is InChI=1S/C16H24ClN5O/c1-12(2)20-15(23)11-19-16(18)22-9-7-21(8-10-22)14-5-3-13(17)4-6-14/h3-6,12H,7-11H2,1-2H3,(H2,18,19)(H,20,23). The minimum atomic E-state index is -0.109. The number of aliphatic imine (C=N–C) groups is 1. The van der Waals surface area contributed by atoms with Gasteiger partial charge in [-0.15, -0.1) is 0 Å². The number of nitrogens with zero attached hydrogens (tertiary/aromatic N) is 3. The molecule has 23 heavy (non-hydrogen) atoms. The Kier molecular flexibility index (Phi) is 6.10. The summed E-state index contributed by atoms with van der Waals surface area (Å²) in [6, 6.07) is 7.94. The fraction of sp³-hybridized carbons (Fsp3) is 0.500. The first-order chi connectivity index (χ1) is 11.0. The van der Waals surface area contributed by atoms with Crippen molar-refractivity contribution in [3.63, 3.8) is 0 Å². The van der Waals surface area contributed by atoms with E-state index in [-0.39, 0.29) is 18.5 Å². The first-order valence-corrected chi connectivity index (χ1v) is 8.18. The average Bonchev–Trinajstić information content (AvgIpc) is 2.53. The molecule has 0 unspecified atom stereocenters. The minimum absolute atomic E-state index is 0.0708. The maximum Gasteiger partial charge on any atom is 0.242 e. The number of anilines is 1. The van der Waals surface area contributed by atoms with Gasteiger partial charge in [0.1, 0.15) is 6.54 Å². The van der Waals surface area contributed by atoms with Crippen molar-refractivity contribution in [3.8, 4) is 0 Å². The normalized spacial score (nSPS) is 15.9. The lowest BCUT2D eigenvalue weighted by Crippen LogP contribution is -2.51. The second-order valence-corrected chi connectivity index (χ2v) is 6.28. The second kappa shape index (κ2) is 8.06. The van der Waals surface area contributed by atoms with E-state index in [4.69, 9.17) is 17.3 Å². The zero-order chi connectivity index (χ0) is 16.8. The number of carbonyl (C=O) groups excluding carboxylic acids is 1. The molecule has 2 rings (SSSR count). The number of amides is 1. The Bertz CT molecular complexity index is 550. The molecule has 6 nitrogen and oxygen atoms in total. The van der Waals surface area contributed by atoms with Crippen molar-refractivity contribution in [1.82, 2.24) is 10.2 Å². The quantitative estimate of drug-likeness (QED) is 0.641. The van der Waals surface area contributed by atoms with Crippen LogP contribution in [0.2, 0.25) is 5.02 Å². The summed E-state index contributed by atoms with van der Waals surface area (Å²) in [5.74, 6) is 0.322. The van der Waals surface area contributed by atoms with Crippen LogP contribution in [0, 0.1) is 0 Å². The predicted molar refractivity (Wildman–Crippen MR) is 95.0 cm³/mol. The Morgan fingerprint density at radius 2 is 1.87 bits per heavy atom. The topological polar surface area (TPSA) is 74.0 Å². The lowest BCUT2D eigenvalue weighted by Gasteiger charge is -2.36. The van der Waals surface area contributed by atoms with Crippen LogP contribution in [0.4, 0.5) is 5.69 Å². The van der Waals surface area contributed by atoms with Gasteiger partial charge in [-0.05, 0) is 38.1 Å². The highest BCUT2D eigenvalue weighted by atomic mass is 35.5. The van der Waals surface area contributed by atoms with E-state index in [0.717, 1.165) is 36.9 Å². The summed E-state index contributed by atoms with van der Waals surface area (Å²) in [4.78, 5) is 20.1. The summed E-state index contributed by atoms with van der Waals surface area (Å²) in [7, 11) is 0. The molecular weight excluding hydrogens is 314 g/mol. The third-order valence-electron chi connectivity index (χ3n) is 3.63. The van der Waals surface area contributed by atoms with Gasteiger partial charge in [0, 0.05) is 42.9 Å². The highest BCUT2D eigenvalue weighted by molar-refractivity contribution is 6.30. The molecule has 3 N–H and O–H groups in total. The van der Waals surface area contributed by atoms with E-state index in [0.29, 0.717) is 5.96 Å². The third kappa shape index (κ3) is 5.32. The third-order valence-corrected chi connectivity index (χ3v) is 3.88. The molecule has 0 radical (unpaired) electrons. The maximum atomic E-state index is 11.6. The Hall–Kier alpha value is -1.95. The van der Waals surface area contributed by atoms with Gasteiger partial charge in [-0.25, -0.2) is 4.99 Å². The van der Waals surface area contributed by atoms with E-state index in [2.05, 4.69) is 15.2 Å². The molecule has 0 spiro atoms. The van der Waals surface area contributed by atoms with Crippen molar-refractivity contribution in [2.45, 2.75) is 19.9 Å². The Morgan fingerprint density at radius 1 is 1.26 bits per heavy atom. The first kappa shape index (κ1) is 17.4. The largest absolute Gasteiger partial charge is 0.370 e. The lowest BCUT2D eigenvalue weighted by molar-refractivity contribution is -0.120. The summed E-state index contributed by atoms with van der Waals surface area (Å²) >= 11 is 5.92. The van der Waals surface area contributed by atoms with Gasteiger partial charge >= 0.3 is 0 Å². The molecular formula is C16H24ClN5O. The van der Waals surface area contributed by atoms with Gasteiger partial charge in [-0.3, -0.25) is 4.79 Å². The van der Waals surface area contributed by atoms with Crippen molar-refractivity contribution in [3.05, 3.63) is 29.3 Å². The van der Waals surface area contributed by atoms with E-state index in [1.807, 2.05) is 43.0 Å². The summed E-state index contributed by atoms with van der Waals surface area (Å²) in [6.45, 7) is 7.18. The van der Waals surface area contributed by atoms with Gasteiger partial charge in [0.25, 0.3) is 0 Å². The van der Waals surface area contributed by atoms with Crippen LogP contribution in [-0.4, -0.2) is 55.5 Å². The number of hydrogen-bond acceptors (Lipinski definition) is 3. The van der Waals surface area contributed by atoms with Crippen LogP contribution in [0.1, 0.15) is 13.8 Å². The van der Waals surface area contributed by atoms with E-state index in [9.17, 15) is 4.79 Å². The predicted octanol–water partition coefficient (Wildman–Crippen LogP) is 1.30. The second-order valence-electron chi connectivity index (χ2n) is 5.85. The van der Waals surface area contributed by atoms with Gasteiger partial charge in [-0.1, -0.05) is 11.6 Å². The van der Waals surface area contributed by atoms with Crippen molar-refractivity contribution in [2.24, 2.45) is 10.7 Å². The summed E-state index contributed by atoms with van der Waals surface area (Å²) in [5.41, 5.74) is 7.15. The van der Waals surface area contributed by atoms with Crippen LogP contribution < -0.4 is 16.0 Å². The van der Waals surface area contributed by atoms with Crippen molar-refractivity contribution >= 4 is 29.2 Å². The van der Waals surface area contributed by atoms with Gasteiger partial charge in [0.2, 0.25) is 5.91 Å². The molecule has 7 heteroatoms. The molecule has 1 saturated heterocycles. The number of guanidine groups is 1. The Balaban J connectivity index is 1.83. The van der Waals surface area contributed by atoms with Crippen LogP contribution in [0.15, 0.2) is 29.3 Å². The number of nitrogens with one attached hydrogen (secondary N) is 1. The fourth-order valence-electron chi connectivity index (χ4n) is 2.47. The van der Waals surface area contributed by atoms with Gasteiger partial charge in [0.05, 0.1) is 0 Å². The molecule has 1 amide bonds. The number of carbonyl (C=O) groups is 1. The van der Waals surface area contributed by atoms with E-state index < -0.39 is 0 Å². The molecule has 0 saturated carbocycles. The molecule has 0 atom stereocenters. The monoisotopic (exact) mass is 337 g/mol. The van der Waals surface area contributed by atoms with Crippen molar-refractivity contribution in [2.75, 3.05) is 37.6 Å². The summed E-state index contributed by atoms with van der Waals surface area (Å²) in [6.07, 6.45) is 0. The van der Waals surface area contributed by atoms with Crippen molar-refractivity contribution in [1.29, 1.82) is 0 Å². The highest BCUT2D eigenvalue weighted by Crippen LogP contribution is 2.19. The van der Waals surface area contributed by atoms with Gasteiger partial charge in [-0.2, -0.15) is 0 Å². The number of piperazine rings is 1. The maximum absolute atomic E-state index is 11.6. The van der Waals surface area contributed by atoms with E-state index in [1.54, 1.807) is 0 Å². The average molecular weight is 338 g/mol. The lowest BCUT2D eigenvalue weighted by atomic mass is 10.2. The van der Waals surface area contributed by atoms with Crippen LogP contribution in [0.25, 0.3) is 0 Å². The molecule has 1 aromatic carbocycles. The number of halogens is 1. The molecule has 0 bridgehead atoms. The number of nitrogens with two attached hydrogens (primary N) is 1. The van der Waals surface area contributed by atoms with Crippen LogP contribution in [-0.2, 0) is 4.79 Å². The first-order valence-electron chi connectivity index (χ1n) is 7.80. The zero-order valence-corrected chi connectivity index (χ0v) is 14.4. The van der Waals surface area contributed by atoms with E-state index >= 15 is 0 Å². The highest BCUT2D eigenvalue weighted by Gasteiger charge is 2.18. The van der Waals surface area contributed by atoms with Crippen LogP contribution in [0.3, 0.4) is 0 Å². The zero-order valence-electron chi connectivity index (χ0n) is 13.6. The van der Waals surface area contributed by atoms with Crippen molar-refractivity contribution < 1.29 is 4.79 Å². The number of hydrogen-bond donors (Lipinski definition) is 2. The Labute approximate surface area is 142 Å². The number of rotatable bonds is 4. The smallest absolute Gasteiger partial charge is 0.242 e. The molecule has 0 aliphatic carbocycles.